The van der Waals surface area contributed by atoms with Crippen LogP contribution in [0, 0.1) is 5.82 Å². The molecule has 0 aliphatic carbocycles. The largest absolute Gasteiger partial charge is 0.370 e. The lowest BCUT2D eigenvalue weighted by atomic mass is 10.1. The second kappa shape index (κ2) is 9.73. The molecule has 0 fully saturated rings. The van der Waals surface area contributed by atoms with E-state index in [1.807, 2.05) is 32.0 Å². The van der Waals surface area contributed by atoms with Gasteiger partial charge in [0, 0.05) is 18.7 Å². The summed E-state index contributed by atoms with van der Waals surface area (Å²) in [6, 6.07) is 5.17. The number of guanidine groups is 1. The molecule has 0 atom stereocenters. The molecule has 1 aromatic carbocycles. The van der Waals surface area contributed by atoms with Crippen molar-refractivity contribution in [1.29, 1.82) is 0 Å². The topological polar surface area (TPSA) is 53.6 Å². The lowest BCUT2D eigenvalue weighted by molar-refractivity contribution is 0.392. The lowest BCUT2D eigenvalue weighted by Gasteiger charge is -2.11. The Morgan fingerprint density at radius 3 is 2.62 bits per heavy atom. The van der Waals surface area contributed by atoms with Crippen LogP contribution < -0.4 is 11.1 Å². The number of nitrogens with two attached hydrogens (primary N) is 1. The van der Waals surface area contributed by atoms with Gasteiger partial charge in [-0.1, -0.05) is 24.3 Å². The fraction of sp³-hybridized carbons (Fsp3) is 0.400. The van der Waals surface area contributed by atoms with Crippen LogP contribution in [-0.2, 0) is 13.1 Å². The summed E-state index contributed by atoms with van der Waals surface area (Å²) in [6.45, 7) is 7.19. The number of benzene rings is 1. The molecular weight excluding hydrogens is 382 g/mol. The standard InChI is InChI=1S/C15H23FN4.HI/c1-11(2)8-18-15(17)19-9-12-5-6-13(10-20(3)4)14(16)7-12;/h5-7H,1,8-10H2,2-4H3,(H3,17,18,19);1H. The second-order valence-electron chi connectivity index (χ2n) is 5.18. The summed E-state index contributed by atoms with van der Waals surface area (Å²) in [6.07, 6.45) is 0. The third-order valence-corrected chi connectivity index (χ3v) is 2.61. The Morgan fingerprint density at radius 1 is 1.43 bits per heavy atom. The van der Waals surface area contributed by atoms with E-state index in [-0.39, 0.29) is 29.8 Å². The number of rotatable bonds is 6. The minimum absolute atomic E-state index is 0. The smallest absolute Gasteiger partial charge is 0.189 e. The maximum Gasteiger partial charge on any atom is 0.189 e. The quantitative estimate of drug-likeness (QED) is 0.330. The molecule has 0 aliphatic rings. The summed E-state index contributed by atoms with van der Waals surface area (Å²) < 4.78 is 13.9. The van der Waals surface area contributed by atoms with E-state index < -0.39 is 0 Å². The Kier molecular flexibility index (Phi) is 9.19. The van der Waals surface area contributed by atoms with Crippen molar-refractivity contribution in [2.45, 2.75) is 20.0 Å². The maximum atomic E-state index is 13.9. The zero-order chi connectivity index (χ0) is 15.1. The number of hydrogen-bond acceptors (Lipinski definition) is 2. The van der Waals surface area contributed by atoms with Crippen LogP contribution >= 0.6 is 24.0 Å². The summed E-state index contributed by atoms with van der Waals surface area (Å²) in [5, 5.41) is 2.93. The van der Waals surface area contributed by atoms with Gasteiger partial charge >= 0.3 is 0 Å². The van der Waals surface area contributed by atoms with Crippen LogP contribution in [0.3, 0.4) is 0 Å². The van der Waals surface area contributed by atoms with E-state index in [4.69, 9.17) is 5.73 Å². The van der Waals surface area contributed by atoms with E-state index >= 15 is 0 Å². The highest BCUT2D eigenvalue weighted by Gasteiger charge is 2.04. The van der Waals surface area contributed by atoms with Crippen LogP contribution in [-0.4, -0.2) is 31.5 Å². The molecule has 3 N–H and O–H groups in total. The SMILES string of the molecule is C=C(C)CNC(N)=NCc1ccc(CN(C)C)c(F)c1.I. The number of hydrogen-bond donors (Lipinski definition) is 2. The van der Waals surface area contributed by atoms with Crippen molar-refractivity contribution >= 4 is 29.9 Å². The minimum atomic E-state index is -0.208. The average Bonchev–Trinajstić information content (AvgIpc) is 2.36. The van der Waals surface area contributed by atoms with Crippen molar-refractivity contribution in [3.05, 3.63) is 47.3 Å². The zero-order valence-corrected chi connectivity index (χ0v) is 15.1. The normalized spacial score (nSPS) is 11.2. The number of nitrogens with zero attached hydrogens (tertiary/aromatic N) is 2. The fourth-order valence-corrected chi connectivity index (χ4v) is 1.63. The third-order valence-electron chi connectivity index (χ3n) is 2.61. The minimum Gasteiger partial charge on any atom is -0.370 e. The third kappa shape index (κ3) is 8.01. The lowest BCUT2D eigenvalue weighted by Crippen LogP contribution is -2.32. The van der Waals surface area contributed by atoms with Crippen molar-refractivity contribution < 1.29 is 4.39 Å². The van der Waals surface area contributed by atoms with Crippen LogP contribution in [0.1, 0.15) is 18.1 Å². The predicted molar refractivity (Wildman–Crippen MR) is 97.3 cm³/mol. The highest BCUT2D eigenvalue weighted by atomic mass is 127. The second-order valence-corrected chi connectivity index (χ2v) is 5.18. The van der Waals surface area contributed by atoms with Gasteiger partial charge in [-0.15, -0.1) is 24.0 Å². The Bertz CT molecular complexity index is 500. The summed E-state index contributed by atoms with van der Waals surface area (Å²) in [7, 11) is 3.82. The van der Waals surface area contributed by atoms with Crippen LogP contribution in [0.2, 0.25) is 0 Å². The van der Waals surface area contributed by atoms with E-state index in [1.54, 1.807) is 6.07 Å². The first kappa shape index (κ1) is 19.9. The molecule has 0 amide bonds. The van der Waals surface area contributed by atoms with Gasteiger partial charge in [-0.3, -0.25) is 0 Å². The van der Waals surface area contributed by atoms with Crippen LogP contribution in [0.15, 0.2) is 35.3 Å². The average molecular weight is 406 g/mol. The fourth-order valence-electron chi connectivity index (χ4n) is 1.63. The molecule has 1 rings (SSSR count). The Morgan fingerprint density at radius 2 is 2.10 bits per heavy atom. The molecule has 1 aromatic rings. The van der Waals surface area contributed by atoms with Gasteiger partial charge < -0.3 is 16.0 Å². The molecule has 0 unspecified atom stereocenters. The molecule has 0 spiro atoms. The highest BCUT2D eigenvalue weighted by Crippen LogP contribution is 2.12. The van der Waals surface area contributed by atoms with E-state index in [9.17, 15) is 4.39 Å². The van der Waals surface area contributed by atoms with Crippen molar-refractivity contribution in [3.8, 4) is 0 Å². The summed E-state index contributed by atoms with van der Waals surface area (Å²) in [5.41, 5.74) is 8.15. The molecule has 6 heteroatoms. The summed E-state index contributed by atoms with van der Waals surface area (Å²) in [4.78, 5) is 6.09. The van der Waals surface area contributed by atoms with Crippen molar-refractivity contribution in [2.75, 3.05) is 20.6 Å². The number of halogens is 2. The van der Waals surface area contributed by atoms with Gasteiger partial charge in [-0.25, -0.2) is 9.38 Å². The van der Waals surface area contributed by atoms with E-state index in [0.717, 1.165) is 11.1 Å². The van der Waals surface area contributed by atoms with E-state index in [0.29, 0.717) is 31.2 Å². The Balaban J connectivity index is 0.00000400. The van der Waals surface area contributed by atoms with E-state index in [2.05, 4.69) is 16.9 Å². The first-order chi connectivity index (χ1) is 9.38. The van der Waals surface area contributed by atoms with Gasteiger partial charge in [-0.05, 0) is 32.6 Å². The molecule has 4 nitrogen and oxygen atoms in total. The van der Waals surface area contributed by atoms with Crippen molar-refractivity contribution in [2.24, 2.45) is 10.7 Å². The molecule has 0 saturated carbocycles. The first-order valence-electron chi connectivity index (χ1n) is 6.48. The predicted octanol–water partition coefficient (Wildman–Crippen LogP) is 2.49. The Labute approximate surface area is 143 Å². The van der Waals surface area contributed by atoms with Gasteiger partial charge in [0.25, 0.3) is 0 Å². The Hall–Kier alpha value is -1.15. The van der Waals surface area contributed by atoms with Crippen LogP contribution in [0.25, 0.3) is 0 Å². The van der Waals surface area contributed by atoms with Gasteiger partial charge in [0.2, 0.25) is 0 Å². The number of aliphatic imine (C=N–C) groups is 1. The van der Waals surface area contributed by atoms with Gasteiger partial charge in [0.15, 0.2) is 5.96 Å². The molecular formula is C15H24FIN4. The monoisotopic (exact) mass is 406 g/mol. The van der Waals surface area contributed by atoms with Crippen molar-refractivity contribution in [3.63, 3.8) is 0 Å². The molecule has 0 bridgehead atoms. The maximum absolute atomic E-state index is 13.9. The summed E-state index contributed by atoms with van der Waals surface area (Å²) >= 11 is 0. The van der Waals surface area contributed by atoms with E-state index in [1.165, 1.54) is 6.07 Å². The van der Waals surface area contributed by atoms with Crippen LogP contribution in [0.5, 0.6) is 0 Å². The molecule has 0 aliphatic heterocycles. The molecule has 0 heterocycles. The highest BCUT2D eigenvalue weighted by molar-refractivity contribution is 14.0. The molecule has 118 valence electrons. The molecule has 21 heavy (non-hydrogen) atoms. The first-order valence-corrected chi connectivity index (χ1v) is 6.48. The van der Waals surface area contributed by atoms with Crippen molar-refractivity contribution in [1.82, 2.24) is 10.2 Å². The van der Waals surface area contributed by atoms with Gasteiger partial charge in [0.1, 0.15) is 5.82 Å². The molecule has 0 saturated heterocycles. The zero-order valence-electron chi connectivity index (χ0n) is 12.8. The molecule has 0 aromatic heterocycles. The van der Waals surface area contributed by atoms with Crippen LogP contribution in [0.4, 0.5) is 4.39 Å². The van der Waals surface area contributed by atoms with Gasteiger partial charge in [-0.2, -0.15) is 0 Å². The van der Waals surface area contributed by atoms with Gasteiger partial charge in [0.05, 0.1) is 6.54 Å². The molecule has 0 radical (unpaired) electrons. The number of nitrogens with one attached hydrogen (secondary N) is 1. The summed E-state index contributed by atoms with van der Waals surface area (Å²) in [5.74, 6) is 0.130.